The van der Waals surface area contributed by atoms with Crippen LogP contribution in [0.5, 0.6) is 0 Å². The molecule has 0 radical (unpaired) electrons. The summed E-state index contributed by atoms with van der Waals surface area (Å²) in [7, 11) is -2.27. The smallest absolute Gasteiger partial charge is 0.266 e. The molecule has 1 aromatic carbocycles. The van der Waals surface area contributed by atoms with Crippen LogP contribution in [0.1, 0.15) is 26.4 Å². The highest BCUT2D eigenvalue weighted by molar-refractivity contribution is 7.93. The van der Waals surface area contributed by atoms with Crippen molar-refractivity contribution in [2.45, 2.75) is 25.7 Å². The first-order valence-corrected chi connectivity index (χ1v) is 12.3. The van der Waals surface area contributed by atoms with Gasteiger partial charge in [-0.1, -0.05) is 23.8 Å². The Labute approximate surface area is 183 Å². The number of hydrogen-bond donors (Lipinski definition) is 0. The maximum absolute atomic E-state index is 13.4. The first-order valence-electron chi connectivity index (χ1n) is 9.93. The number of nitrogens with zero attached hydrogens (tertiary/aromatic N) is 3. The van der Waals surface area contributed by atoms with Crippen LogP contribution in [0.2, 0.25) is 0 Å². The molecule has 8 heteroatoms. The molecule has 0 N–H and O–H groups in total. The van der Waals surface area contributed by atoms with Crippen LogP contribution in [0.4, 0.5) is 5.69 Å². The van der Waals surface area contributed by atoms with E-state index in [4.69, 9.17) is 0 Å². The molecule has 0 unspecified atom stereocenters. The number of sulfonamides is 1. The van der Waals surface area contributed by atoms with Crippen LogP contribution in [0.3, 0.4) is 0 Å². The minimum atomic E-state index is -3.79. The lowest BCUT2D eigenvalue weighted by Crippen LogP contribution is -2.48. The van der Waals surface area contributed by atoms with Crippen molar-refractivity contribution in [2.24, 2.45) is 0 Å². The lowest BCUT2D eigenvalue weighted by molar-refractivity contribution is 0.0656. The van der Waals surface area contributed by atoms with E-state index >= 15 is 0 Å². The molecule has 0 aliphatic carbocycles. The molecule has 1 aromatic heterocycles. The molecule has 1 aliphatic rings. The number of anilines is 1. The fourth-order valence-electron chi connectivity index (χ4n) is 4.01. The Balaban J connectivity index is 1.88. The molecule has 0 atom stereocenters. The van der Waals surface area contributed by atoms with Crippen LogP contribution in [0.25, 0.3) is 0 Å². The number of carbonyl (C=O) groups is 1. The van der Waals surface area contributed by atoms with Gasteiger partial charge in [0.2, 0.25) is 0 Å². The summed E-state index contributed by atoms with van der Waals surface area (Å²) >= 11 is 1.29. The van der Waals surface area contributed by atoms with Crippen molar-refractivity contribution in [1.29, 1.82) is 0 Å². The van der Waals surface area contributed by atoms with Crippen LogP contribution < -0.4 is 4.31 Å². The SMILES string of the molecule is C=CCN1CCN(C(=O)c2sccc2N(C)S(=O)(=O)c2c(C)cc(C)cc2C)CC1. The average molecular weight is 448 g/mol. The zero-order valence-corrected chi connectivity index (χ0v) is 19.6. The minimum Gasteiger partial charge on any atom is -0.335 e. The van der Waals surface area contributed by atoms with E-state index in [9.17, 15) is 13.2 Å². The third-order valence-corrected chi connectivity index (χ3v) is 8.42. The van der Waals surface area contributed by atoms with E-state index in [1.165, 1.54) is 22.7 Å². The predicted octanol–water partition coefficient (Wildman–Crippen LogP) is 3.44. The van der Waals surface area contributed by atoms with Gasteiger partial charge in [-0.15, -0.1) is 17.9 Å². The van der Waals surface area contributed by atoms with E-state index in [1.807, 2.05) is 39.0 Å². The van der Waals surface area contributed by atoms with Gasteiger partial charge in [-0.3, -0.25) is 14.0 Å². The summed E-state index contributed by atoms with van der Waals surface area (Å²) in [4.78, 5) is 18.0. The van der Waals surface area contributed by atoms with Gasteiger partial charge < -0.3 is 4.90 Å². The molecule has 1 fully saturated rings. The molecule has 0 saturated carbocycles. The van der Waals surface area contributed by atoms with Crippen molar-refractivity contribution in [3.63, 3.8) is 0 Å². The molecule has 1 saturated heterocycles. The lowest BCUT2D eigenvalue weighted by atomic mass is 10.1. The fourth-order valence-corrected chi connectivity index (χ4v) is 6.57. The molecule has 30 heavy (non-hydrogen) atoms. The van der Waals surface area contributed by atoms with Gasteiger partial charge in [0.05, 0.1) is 10.6 Å². The second-order valence-electron chi connectivity index (χ2n) is 7.72. The maximum Gasteiger partial charge on any atom is 0.266 e. The zero-order valence-electron chi connectivity index (χ0n) is 18.0. The summed E-state index contributed by atoms with van der Waals surface area (Å²) < 4.78 is 28.1. The number of carbonyl (C=O) groups excluding carboxylic acids is 1. The number of piperazine rings is 1. The Hall–Kier alpha value is -2.16. The molecule has 2 aromatic rings. The number of rotatable bonds is 6. The van der Waals surface area contributed by atoms with Crippen LogP contribution >= 0.6 is 11.3 Å². The fraction of sp³-hybridized carbons (Fsp3) is 0.409. The number of benzene rings is 1. The van der Waals surface area contributed by atoms with Crippen molar-refractivity contribution in [3.05, 3.63) is 57.8 Å². The molecular formula is C22H29N3O3S2. The van der Waals surface area contributed by atoms with Gasteiger partial charge in [-0.05, 0) is 43.3 Å². The Morgan fingerprint density at radius 2 is 1.77 bits per heavy atom. The standard InChI is InChI=1S/C22H29N3O3S2/c1-6-8-24-9-11-25(12-10-24)22(26)20-19(7-13-29-20)23(5)30(27,28)21-17(3)14-16(2)15-18(21)4/h6-7,13-15H,1,8-12H2,2-5H3. The summed E-state index contributed by atoms with van der Waals surface area (Å²) in [6, 6.07) is 5.45. The normalized spacial score (nSPS) is 15.3. The molecule has 1 amide bonds. The lowest BCUT2D eigenvalue weighted by Gasteiger charge is -2.34. The molecule has 2 heterocycles. The van der Waals surface area contributed by atoms with Crippen LogP contribution in [-0.4, -0.2) is 63.9 Å². The third kappa shape index (κ3) is 4.31. The Morgan fingerprint density at radius 3 is 2.33 bits per heavy atom. The van der Waals surface area contributed by atoms with Crippen LogP contribution in [0.15, 0.2) is 41.1 Å². The molecule has 162 valence electrons. The van der Waals surface area contributed by atoms with Gasteiger partial charge in [0.25, 0.3) is 15.9 Å². The summed E-state index contributed by atoms with van der Waals surface area (Å²) in [6.45, 7) is 13.0. The van der Waals surface area contributed by atoms with Gasteiger partial charge in [0, 0.05) is 39.8 Å². The average Bonchev–Trinajstić information content (AvgIpc) is 3.16. The Kier molecular flexibility index (Phi) is 6.69. The van der Waals surface area contributed by atoms with Gasteiger partial charge in [0.1, 0.15) is 4.88 Å². The summed E-state index contributed by atoms with van der Waals surface area (Å²) in [5.74, 6) is -0.113. The van der Waals surface area contributed by atoms with Crippen molar-refractivity contribution < 1.29 is 13.2 Å². The number of thiophene rings is 1. The van der Waals surface area contributed by atoms with Gasteiger partial charge in [-0.2, -0.15) is 0 Å². The summed E-state index contributed by atoms with van der Waals surface area (Å²) in [5.41, 5.74) is 2.87. The molecule has 0 bridgehead atoms. The van der Waals surface area contributed by atoms with E-state index in [0.29, 0.717) is 39.7 Å². The zero-order chi connectivity index (χ0) is 22.1. The monoisotopic (exact) mass is 447 g/mol. The van der Waals surface area contributed by atoms with Crippen molar-refractivity contribution in [1.82, 2.24) is 9.80 Å². The van der Waals surface area contributed by atoms with Gasteiger partial charge in [-0.25, -0.2) is 8.42 Å². The van der Waals surface area contributed by atoms with Crippen LogP contribution in [-0.2, 0) is 10.0 Å². The van der Waals surface area contributed by atoms with E-state index < -0.39 is 10.0 Å². The first kappa shape index (κ1) is 22.5. The quantitative estimate of drug-likeness (QED) is 0.637. The third-order valence-electron chi connectivity index (χ3n) is 5.45. The van der Waals surface area contributed by atoms with Crippen molar-refractivity contribution >= 4 is 33.0 Å². The minimum absolute atomic E-state index is 0.113. The van der Waals surface area contributed by atoms with Gasteiger partial charge >= 0.3 is 0 Å². The van der Waals surface area contributed by atoms with Gasteiger partial charge in [0.15, 0.2) is 0 Å². The Bertz CT molecular complexity index is 1030. The largest absolute Gasteiger partial charge is 0.335 e. The highest BCUT2D eigenvalue weighted by atomic mass is 32.2. The summed E-state index contributed by atoms with van der Waals surface area (Å²) in [5, 5.41) is 1.78. The topological polar surface area (TPSA) is 60.9 Å². The van der Waals surface area contributed by atoms with E-state index in [1.54, 1.807) is 16.3 Å². The van der Waals surface area contributed by atoms with Crippen LogP contribution in [0, 0.1) is 20.8 Å². The predicted molar refractivity (Wildman–Crippen MR) is 123 cm³/mol. The molecule has 3 rings (SSSR count). The number of amides is 1. The van der Waals surface area contributed by atoms with E-state index in [-0.39, 0.29) is 5.91 Å². The van der Waals surface area contributed by atoms with E-state index in [0.717, 1.165) is 25.2 Å². The molecular weight excluding hydrogens is 418 g/mol. The second-order valence-corrected chi connectivity index (χ2v) is 10.5. The first-order chi connectivity index (χ1) is 14.2. The van der Waals surface area contributed by atoms with E-state index in [2.05, 4.69) is 11.5 Å². The summed E-state index contributed by atoms with van der Waals surface area (Å²) in [6.07, 6.45) is 1.86. The maximum atomic E-state index is 13.4. The Morgan fingerprint density at radius 1 is 1.17 bits per heavy atom. The molecule has 6 nitrogen and oxygen atoms in total. The highest BCUT2D eigenvalue weighted by Crippen LogP contribution is 2.33. The van der Waals surface area contributed by atoms with Crippen molar-refractivity contribution in [3.8, 4) is 0 Å². The molecule has 1 aliphatic heterocycles. The number of hydrogen-bond acceptors (Lipinski definition) is 5. The van der Waals surface area contributed by atoms with Crippen molar-refractivity contribution in [2.75, 3.05) is 44.1 Å². The number of aryl methyl sites for hydroxylation is 3. The highest BCUT2D eigenvalue weighted by Gasteiger charge is 2.31. The molecule has 0 spiro atoms. The second kappa shape index (κ2) is 8.91.